The van der Waals surface area contributed by atoms with E-state index in [2.05, 4.69) is 5.32 Å². The number of ketones is 1. The second-order valence-corrected chi connectivity index (χ2v) is 4.77. The summed E-state index contributed by atoms with van der Waals surface area (Å²) in [5.41, 5.74) is 1.11. The predicted molar refractivity (Wildman–Crippen MR) is 66.7 cm³/mol. The van der Waals surface area contributed by atoms with Gasteiger partial charge in [-0.2, -0.15) is 0 Å². The van der Waals surface area contributed by atoms with E-state index in [4.69, 9.17) is 0 Å². The van der Waals surface area contributed by atoms with Gasteiger partial charge >= 0.3 is 0 Å². The van der Waals surface area contributed by atoms with Gasteiger partial charge in [-0.1, -0.05) is 0 Å². The van der Waals surface area contributed by atoms with Crippen LogP contribution >= 0.6 is 0 Å². The third kappa shape index (κ3) is 2.94. The van der Waals surface area contributed by atoms with Crippen LogP contribution < -0.4 is 5.32 Å². The maximum atomic E-state index is 13.1. The fraction of sp³-hybridized carbons (Fsp3) is 0.429. The molecule has 0 bridgehead atoms. The molecule has 0 atom stereocenters. The lowest BCUT2D eigenvalue weighted by Gasteiger charge is -2.20. The number of carbonyl (C=O) groups excluding carboxylic acids is 2. The molecule has 3 nitrogen and oxygen atoms in total. The fourth-order valence-corrected chi connectivity index (χ4v) is 2.17. The van der Waals surface area contributed by atoms with E-state index in [1.165, 1.54) is 6.07 Å². The molecular weight excluding hydrogens is 233 g/mol. The molecule has 96 valence electrons. The van der Waals surface area contributed by atoms with Gasteiger partial charge in [0.25, 0.3) is 0 Å². The number of carbonyl (C=O) groups is 2. The van der Waals surface area contributed by atoms with Gasteiger partial charge in [0.2, 0.25) is 5.91 Å². The lowest BCUT2D eigenvalue weighted by Crippen LogP contribution is -2.27. The number of benzene rings is 1. The van der Waals surface area contributed by atoms with E-state index in [1.807, 2.05) is 0 Å². The summed E-state index contributed by atoms with van der Waals surface area (Å²) < 4.78 is 13.1. The summed E-state index contributed by atoms with van der Waals surface area (Å²) in [5, 5.41) is 2.78. The van der Waals surface area contributed by atoms with Crippen LogP contribution in [0.15, 0.2) is 18.2 Å². The molecule has 0 heterocycles. The van der Waals surface area contributed by atoms with Crippen LogP contribution in [0.25, 0.3) is 0 Å². The molecule has 1 aromatic rings. The minimum atomic E-state index is -0.281. The van der Waals surface area contributed by atoms with Crippen molar-refractivity contribution in [2.75, 3.05) is 5.32 Å². The summed E-state index contributed by atoms with van der Waals surface area (Å²) in [4.78, 5) is 23.1. The van der Waals surface area contributed by atoms with Gasteiger partial charge in [0.1, 0.15) is 11.6 Å². The van der Waals surface area contributed by atoms with E-state index >= 15 is 0 Å². The lowest BCUT2D eigenvalue weighted by molar-refractivity contribution is -0.125. The average Bonchev–Trinajstić information content (AvgIpc) is 2.34. The van der Waals surface area contributed by atoms with Crippen LogP contribution in [0, 0.1) is 18.7 Å². The first kappa shape index (κ1) is 12.7. The van der Waals surface area contributed by atoms with Crippen molar-refractivity contribution in [1.82, 2.24) is 0 Å². The van der Waals surface area contributed by atoms with E-state index in [1.54, 1.807) is 19.1 Å². The second kappa shape index (κ2) is 5.29. The zero-order valence-electron chi connectivity index (χ0n) is 10.3. The Labute approximate surface area is 105 Å². The molecule has 18 heavy (non-hydrogen) atoms. The van der Waals surface area contributed by atoms with Crippen molar-refractivity contribution >= 4 is 17.4 Å². The van der Waals surface area contributed by atoms with E-state index in [-0.39, 0.29) is 23.4 Å². The number of nitrogens with one attached hydrogen (secondary N) is 1. The van der Waals surface area contributed by atoms with E-state index in [0.717, 1.165) is 0 Å². The second-order valence-electron chi connectivity index (χ2n) is 4.77. The number of hydrogen-bond donors (Lipinski definition) is 1. The summed E-state index contributed by atoms with van der Waals surface area (Å²) in [6.07, 6.45) is 2.21. The topological polar surface area (TPSA) is 46.2 Å². The highest BCUT2D eigenvalue weighted by molar-refractivity contribution is 5.94. The number of aryl methyl sites for hydroxylation is 1. The Hall–Kier alpha value is -1.71. The molecule has 1 amide bonds. The number of anilines is 1. The van der Waals surface area contributed by atoms with Crippen LogP contribution in [0.1, 0.15) is 31.2 Å². The average molecular weight is 249 g/mol. The first-order valence-electron chi connectivity index (χ1n) is 6.15. The monoisotopic (exact) mass is 249 g/mol. The van der Waals surface area contributed by atoms with Crippen molar-refractivity contribution in [1.29, 1.82) is 0 Å². The molecule has 2 rings (SSSR count). The van der Waals surface area contributed by atoms with Crippen molar-refractivity contribution < 1.29 is 14.0 Å². The van der Waals surface area contributed by atoms with Gasteiger partial charge in [-0.3, -0.25) is 9.59 Å². The first-order valence-corrected chi connectivity index (χ1v) is 6.15. The number of rotatable bonds is 2. The van der Waals surface area contributed by atoms with Crippen molar-refractivity contribution in [2.45, 2.75) is 32.6 Å². The van der Waals surface area contributed by atoms with E-state index < -0.39 is 0 Å². The molecule has 0 saturated heterocycles. The summed E-state index contributed by atoms with van der Waals surface area (Å²) in [7, 11) is 0. The van der Waals surface area contributed by atoms with Crippen LogP contribution in [-0.2, 0) is 9.59 Å². The highest BCUT2D eigenvalue weighted by Gasteiger charge is 2.24. The molecule has 0 radical (unpaired) electrons. The maximum absolute atomic E-state index is 13.1. The summed E-state index contributed by atoms with van der Waals surface area (Å²) >= 11 is 0. The maximum Gasteiger partial charge on any atom is 0.227 e. The Kier molecular flexibility index (Phi) is 3.75. The molecule has 0 aliphatic heterocycles. The zero-order valence-corrected chi connectivity index (χ0v) is 10.3. The standard InChI is InChI=1S/C14H16FNO2/c1-9-8-11(4-7-13(9)15)16-14(18)10-2-5-12(17)6-3-10/h4,7-8,10H,2-3,5-6H2,1H3,(H,16,18). The Morgan fingerprint density at radius 2 is 2.00 bits per heavy atom. The predicted octanol–water partition coefficient (Wildman–Crippen LogP) is 2.83. The van der Waals surface area contributed by atoms with Crippen LogP contribution in [0.2, 0.25) is 0 Å². The highest BCUT2D eigenvalue weighted by Crippen LogP contribution is 2.23. The largest absolute Gasteiger partial charge is 0.326 e. The quantitative estimate of drug-likeness (QED) is 0.876. The zero-order chi connectivity index (χ0) is 13.1. The van der Waals surface area contributed by atoms with Gasteiger partial charge in [-0.05, 0) is 43.5 Å². The molecule has 1 N–H and O–H groups in total. The molecule has 0 unspecified atom stereocenters. The fourth-order valence-electron chi connectivity index (χ4n) is 2.17. The summed E-state index contributed by atoms with van der Waals surface area (Å²) in [6.45, 7) is 1.66. The molecule has 1 aromatic carbocycles. The molecule has 0 spiro atoms. The first-order chi connectivity index (χ1) is 8.56. The Bertz CT molecular complexity index is 475. The Morgan fingerprint density at radius 3 is 2.61 bits per heavy atom. The van der Waals surface area contributed by atoms with Gasteiger partial charge in [0, 0.05) is 24.4 Å². The molecule has 1 aliphatic carbocycles. The van der Waals surface area contributed by atoms with Gasteiger partial charge in [-0.15, -0.1) is 0 Å². The Balaban J connectivity index is 1.98. The van der Waals surface area contributed by atoms with Gasteiger partial charge in [0.15, 0.2) is 0 Å². The van der Waals surface area contributed by atoms with E-state index in [0.29, 0.717) is 36.9 Å². The molecular formula is C14H16FNO2. The lowest BCUT2D eigenvalue weighted by atomic mass is 9.88. The third-order valence-corrected chi connectivity index (χ3v) is 3.34. The minimum Gasteiger partial charge on any atom is -0.326 e. The van der Waals surface area contributed by atoms with Gasteiger partial charge < -0.3 is 5.32 Å². The smallest absolute Gasteiger partial charge is 0.227 e. The molecule has 1 saturated carbocycles. The number of halogens is 1. The van der Waals surface area contributed by atoms with Crippen molar-refractivity contribution in [3.05, 3.63) is 29.6 Å². The van der Waals surface area contributed by atoms with Gasteiger partial charge in [-0.25, -0.2) is 4.39 Å². The third-order valence-electron chi connectivity index (χ3n) is 3.34. The SMILES string of the molecule is Cc1cc(NC(=O)C2CCC(=O)CC2)ccc1F. The molecule has 1 aliphatic rings. The van der Waals surface area contributed by atoms with Crippen LogP contribution in [0.4, 0.5) is 10.1 Å². The van der Waals surface area contributed by atoms with E-state index in [9.17, 15) is 14.0 Å². The minimum absolute atomic E-state index is 0.0755. The number of hydrogen-bond acceptors (Lipinski definition) is 2. The Morgan fingerprint density at radius 1 is 1.33 bits per heavy atom. The van der Waals surface area contributed by atoms with Crippen LogP contribution in [0.3, 0.4) is 0 Å². The van der Waals surface area contributed by atoms with Crippen molar-refractivity contribution in [3.63, 3.8) is 0 Å². The van der Waals surface area contributed by atoms with Gasteiger partial charge in [0.05, 0.1) is 0 Å². The number of Topliss-reactive ketones (excluding diaryl/α,β-unsaturated/α-hetero) is 1. The molecule has 1 fully saturated rings. The van der Waals surface area contributed by atoms with Crippen molar-refractivity contribution in [2.24, 2.45) is 5.92 Å². The molecule has 4 heteroatoms. The summed E-state index contributed by atoms with van der Waals surface area (Å²) in [5.74, 6) is -0.227. The number of amides is 1. The van der Waals surface area contributed by atoms with Crippen LogP contribution in [0.5, 0.6) is 0 Å². The van der Waals surface area contributed by atoms with Crippen LogP contribution in [-0.4, -0.2) is 11.7 Å². The molecule has 0 aromatic heterocycles. The highest BCUT2D eigenvalue weighted by atomic mass is 19.1. The normalized spacial score (nSPS) is 16.7. The summed E-state index contributed by atoms with van der Waals surface area (Å²) in [6, 6.07) is 4.50. The van der Waals surface area contributed by atoms with Crippen molar-refractivity contribution in [3.8, 4) is 0 Å².